The Kier molecular flexibility index (Phi) is 9.63. The summed E-state index contributed by atoms with van der Waals surface area (Å²) in [6, 6.07) is 14.7. The molecular formula is C38H46N8O. The van der Waals surface area contributed by atoms with Crippen LogP contribution in [0.5, 0.6) is 5.75 Å². The van der Waals surface area contributed by atoms with Crippen LogP contribution in [0.25, 0.3) is 22.5 Å². The minimum Gasteiger partial charge on any atom is -0.494 e. The number of nitrogens with zero attached hydrogens (tertiary/aromatic N) is 7. The summed E-state index contributed by atoms with van der Waals surface area (Å²) < 4.78 is 7.85. The van der Waals surface area contributed by atoms with Gasteiger partial charge in [-0.2, -0.15) is 5.10 Å². The number of amidine groups is 1. The molecule has 1 aliphatic carbocycles. The summed E-state index contributed by atoms with van der Waals surface area (Å²) in [4.78, 5) is 18.8. The molecule has 1 aromatic heterocycles. The summed E-state index contributed by atoms with van der Waals surface area (Å²) in [5, 5.41) is 12.8. The van der Waals surface area contributed by atoms with E-state index in [1.807, 2.05) is 24.0 Å². The van der Waals surface area contributed by atoms with Crippen LogP contribution in [0.15, 0.2) is 69.6 Å². The molecule has 0 amide bonds. The van der Waals surface area contributed by atoms with Gasteiger partial charge in [-0.15, -0.1) is 0 Å². The molecule has 1 N–H and O–H groups in total. The lowest BCUT2D eigenvalue weighted by Crippen LogP contribution is -2.43. The first-order valence-electron chi connectivity index (χ1n) is 16.6. The third-order valence-electron chi connectivity index (χ3n) is 9.74. The Morgan fingerprint density at radius 2 is 1.83 bits per heavy atom. The summed E-state index contributed by atoms with van der Waals surface area (Å²) in [6.07, 6.45) is 8.74. The lowest BCUT2D eigenvalue weighted by Gasteiger charge is -2.35. The van der Waals surface area contributed by atoms with Crippen molar-refractivity contribution in [3.63, 3.8) is 0 Å². The molecule has 1 saturated heterocycles. The van der Waals surface area contributed by atoms with Crippen LogP contribution in [0, 0.1) is 11.3 Å². The van der Waals surface area contributed by atoms with E-state index in [4.69, 9.17) is 25.2 Å². The normalized spacial score (nSPS) is 20.1. The maximum atomic E-state index is 7.81. The Labute approximate surface area is 278 Å². The van der Waals surface area contributed by atoms with Gasteiger partial charge in [0.25, 0.3) is 0 Å². The Morgan fingerprint density at radius 1 is 1.06 bits per heavy atom. The van der Waals surface area contributed by atoms with E-state index < -0.39 is 0 Å². The highest BCUT2D eigenvalue weighted by Crippen LogP contribution is 2.43. The van der Waals surface area contributed by atoms with Crippen LogP contribution in [-0.4, -0.2) is 91.4 Å². The van der Waals surface area contributed by atoms with Gasteiger partial charge < -0.3 is 19.9 Å². The Balaban J connectivity index is 1.29. The molecule has 244 valence electrons. The Morgan fingerprint density at radius 3 is 2.53 bits per heavy atom. The first-order chi connectivity index (χ1) is 22.8. The zero-order valence-electron chi connectivity index (χ0n) is 28.3. The van der Waals surface area contributed by atoms with Gasteiger partial charge >= 0.3 is 0 Å². The number of piperazine rings is 1. The molecule has 0 spiro atoms. The third-order valence-corrected chi connectivity index (χ3v) is 9.74. The minimum absolute atomic E-state index is 0.124. The average Bonchev–Trinajstić information content (AvgIpc) is 3.42. The molecule has 6 rings (SSSR count). The molecule has 3 aromatic rings. The van der Waals surface area contributed by atoms with Gasteiger partial charge in [-0.25, -0.2) is 9.98 Å². The number of allylic oxidation sites excluding steroid dienone is 2. The molecular weight excluding hydrogens is 584 g/mol. The van der Waals surface area contributed by atoms with Crippen LogP contribution in [0.4, 0.5) is 5.69 Å². The topological polar surface area (TPSA) is 94.5 Å². The predicted octanol–water partition coefficient (Wildman–Crippen LogP) is 6.68. The summed E-state index contributed by atoms with van der Waals surface area (Å²) in [5.74, 6) is 1.73. The van der Waals surface area contributed by atoms with E-state index in [1.54, 1.807) is 20.4 Å². The zero-order valence-corrected chi connectivity index (χ0v) is 28.3. The van der Waals surface area contributed by atoms with Gasteiger partial charge in [0.05, 0.1) is 24.4 Å². The first-order valence-corrected chi connectivity index (χ1v) is 16.6. The molecule has 3 aliphatic rings. The lowest BCUT2D eigenvalue weighted by molar-refractivity contribution is 0.207. The van der Waals surface area contributed by atoms with E-state index in [1.165, 1.54) is 22.9 Å². The van der Waals surface area contributed by atoms with Crippen LogP contribution in [0.3, 0.4) is 0 Å². The third kappa shape index (κ3) is 6.63. The van der Waals surface area contributed by atoms with Crippen molar-refractivity contribution >= 4 is 41.4 Å². The molecule has 0 saturated carbocycles. The molecule has 9 nitrogen and oxygen atoms in total. The fourth-order valence-electron chi connectivity index (χ4n) is 7.00. The van der Waals surface area contributed by atoms with Crippen LogP contribution in [-0.2, 0) is 13.5 Å². The van der Waals surface area contributed by atoms with Crippen molar-refractivity contribution in [2.75, 3.05) is 47.4 Å². The Bertz CT molecular complexity index is 1770. The second-order valence-electron chi connectivity index (χ2n) is 12.8. The van der Waals surface area contributed by atoms with E-state index in [2.05, 4.69) is 71.7 Å². The molecule has 9 heteroatoms. The molecule has 0 radical (unpaired) electrons. The smallest absolute Gasteiger partial charge is 0.145 e. The number of benzene rings is 2. The van der Waals surface area contributed by atoms with Gasteiger partial charge in [-0.05, 0) is 61.1 Å². The summed E-state index contributed by atoms with van der Waals surface area (Å²) in [7, 11) is 7.65. The number of aryl methyl sites for hydroxylation is 2. The number of rotatable bonds is 8. The van der Waals surface area contributed by atoms with Crippen molar-refractivity contribution in [1.82, 2.24) is 19.6 Å². The highest BCUT2D eigenvalue weighted by molar-refractivity contribution is 6.03. The first kappa shape index (κ1) is 32.3. The maximum Gasteiger partial charge on any atom is 0.145 e. The maximum absolute atomic E-state index is 7.81. The molecule has 47 heavy (non-hydrogen) atoms. The predicted molar refractivity (Wildman–Crippen MR) is 195 cm³/mol. The van der Waals surface area contributed by atoms with E-state index in [-0.39, 0.29) is 5.92 Å². The van der Waals surface area contributed by atoms with Crippen LogP contribution in [0.2, 0.25) is 0 Å². The number of likely N-dealkylation sites (N-methyl/N-ethyl adjacent to an activating group) is 1. The van der Waals surface area contributed by atoms with E-state index >= 15 is 0 Å². The molecule has 0 bridgehead atoms. The number of aromatic nitrogens is 2. The number of nitrogens with one attached hydrogen (secondary N) is 1. The summed E-state index contributed by atoms with van der Waals surface area (Å²) in [5.41, 5.74) is 11.2. The molecule has 3 heterocycles. The minimum atomic E-state index is -0.124. The fraction of sp³-hybridized carbons (Fsp3) is 0.395. The molecule has 2 unspecified atom stereocenters. The van der Waals surface area contributed by atoms with E-state index in [0.29, 0.717) is 5.92 Å². The van der Waals surface area contributed by atoms with Crippen molar-refractivity contribution < 1.29 is 4.74 Å². The van der Waals surface area contributed by atoms with Crippen LogP contribution in [0.1, 0.15) is 54.5 Å². The van der Waals surface area contributed by atoms with Gasteiger partial charge in [0.2, 0.25) is 0 Å². The zero-order chi connectivity index (χ0) is 33.1. The number of hydrogen-bond donors (Lipinski definition) is 1. The van der Waals surface area contributed by atoms with Gasteiger partial charge in [-0.3, -0.25) is 9.67 Å². The number of fused-ring (bicyclic) bond motifs is 2. The second-order valence-corrected chi connectivity index (χ2v) is 12.8. The Hall–Kier alpha value is -4.63. The molecule has 2 atom stereocenters. The van der Waals surface area contributed by atoms with Gasteiger partial charge in [0.1, 0.15) is 17.3 Å². The number of hydrogen-bond acceptors (Lipinski definition) is 7. The van der Waals surface area contributed by atoms with Crippen molar-refractivity contribution in [1.29, 1.82) is 5.41 Å². The monoisotopic (exact) mass is 630 g/mol. The second kappa shape index (κ2) is 14.0. The number of methoxy groups -OCH3 is 1. The van der Waals surface area contributed by atoms with Crippen molar-refractivity contribution in [3.8, 4) is 17.0 Å². The fourth-order valence-corrected chi connectivity index (χ4v) is 7.00. The highest BCUT2D eigenvalue weighted by Gasteiger charge is 2.30. The SMILES string of the molecule is C=C(c1ccc(N=C2CCC(C)C3=C(C=N2)CCc2nn(C)c(-c4ccc(C(C=N)C=NC)cc4)c23)c(OC)c1)N1CCN(C)CC1. The van der Waals surface area contributed by atoms with E-state index in [0.717, 1.165) is 103 Å². The van der Waals surface area contributed by atoms with Crippen LogP contribution >= 0.6 is 0 Å². The quantitative estimate of drug-likeness (QED) is 0.281. The van der Waals surface area contributed by atoms with Crippen molar-refractivity contribution in [2.24, 2.45) is 27.9 Å². The van der Waals surface area contributed by atoms with Crippen molar-refractivity contribution in [2.45, 2.75) is 38.5 Å². The lowest BCUT2D eigenvalue weighted by atomic mass is 9.79. The van der Waals surface area contributed by atoms with Crippen molar-refractivity contribution in [3.05, 3.63) is 77.0 Å². The molecule has 1 fully saturated rings. The average molecular weight is 631 g/mol. The molecule has 2 aliphatic heterocycles. The molecule has 2 aromatic carbocycles. The van der Waals surface area contributed by atoms with Gasteiger partial charge in [0, 0.05) is 87.7 Å². The summed E-state index contributed by atoms with van der Waals surface area (Å²) >= 11 is 0. The van der Waals surface area contributed by atoms with Gasteiger partial charge in [0.15, 0.2) is 0 Å². The summed E-state index contributed by atoms with van der Waals surface area (Å²) in [6.45, 7) is 10.7. The standard InChI is InChI=1S/C38H46N8O/c1-25-7-16-35(42-32-14-12-29(21-34(32)47-6)26(2)46-19-17-44(4)18-20-46)41-24-30-13-15-33-37(36(25)30)38(45(5)43-33)28-10-8-27(9-11-28)31(22-39)23-40-3/h8-12,14,21-25,31,39H,2,7,13,15-20H2,1,3-6H3. The van der Waals surface area contributed by atoms with Crippen LogP contribution < -0.4 is 4.74 Å². The number of ether oxygens (including phenoxy) is 1. The van der Waals surface area contributed by atoms with E-state index in [9.17, 15) is 0 Å². The van der Waals surface area contributed by atoms with Gasteiger partial charge in [-0.1, -0.05) is 43.8 Å². The number of aliphatic imine (C=N–C) groups is 3. The highest BCUT2D eigenvalue weighted by atomic mass is 16.5. The largest absolute Gasteiger partial charge is 0.494 e.